The summed E-state index contributed by atoms with van der Waals surface area (Å²) in [6.45, 7) is 1.44. The SMILES string of the molecule is CN=C(NCCCC1CCCC1)NCc1cc(OC)ccc1O. The molecule has 23 heavy (non-hydrogen) atoms. The second-order valence-corrected chi connectivity index (χ2v) is 6.14. The quantitative estimate of drug-likeness (QED) is 0.410. The van der Waals surface area contributed by atoms with Crippen molar-refractivity contribution in [2.24, 2.45) is 10.9 Å². The molecule has 0 heterocycles. The fourth-order valence-corrected chi connectivity index (χ4v) is 3.13. The van der Waals surface area contributed by atoms with Gasteiger partial charge in [-0.25, -0.2) is 0 Å². The van der Waals surface area contributed by atoms with Crippen molar-refractivity contribution in [1.29, 1.82) is 0 Å². The summed E-state index contributed by atoms with van der Waals surface area (Å²) in [6, 6.07) is 5.22. The molecule has 1 aliphatic rings. The van der Waals surface area contributed by atoms with Crippen molar-refractivity contribution < 1.29 is 9.84 Å². The topological polar surface area (TPSA) is 65.9 Å². The van der Waals surface area contributed by atoms with Gasteiger partial charge in [0.25, 0.3) is 0 Å². The van der Waals surface area contributed by atoms with Gasteiger partial charge in [0, 0.05) is 25.7 Å². The normalized spacial score (nSPS) is 15.7. The number of aromatic hydroxyl groups is 1. The number of hydrogen-bond donors (Lipinski definition) is 3. The fourth-order valence-electron chi connectivity index (χ4n) is 3.13. The smallest absolute Gasteiger partial charge is 0.191 e. The molecule has 0 unspecified atom stereocenters. The molecular formula is C18H29N3O2. The third kappa shape index (κ3) is 5.66. The van der Waals surface area contributed by atoms with Gasteiger partial charge in [0.15, 0.2) is 5.96 Å². The Bertz CT molecular complexity index is 511. The van der Waals surface area contributed by atoms with Crippen LogP contribution in [0.5, 0.6) is 11.5 Å². The largest absolute Gasteiger partial charge is 0.508 e. The molecule has 1 fully saturated rings. The number of rotatable bonds is 7. The van der Waals surface area contributed by atoms with Gasteiger partial charge in [-0.2, -0.15) is 0 Å². The zero-order chi connectivity index (χ0) is 16.5. The predicted octanol–water partition coefficient (Wildman–Crippen LogP) is 3.04. The van der Waals surface area contributed by atoms with Crippen molar-refractivity contribution in [1.82, 2.24) is 10.6 Å². The number of phenolic OH excluding ortho intramolecular Hbond substituents is 1. The molecule has 3 N–H and O–H groups in total. The maximum absolute atomic E-state index is 9.90. The highest BCUT2D eigenvalue weighted by molar-refractivity contribution is 5.79. The van der Waals surface area contributed by atoms with Gasteiger partial charge in [-0.15, -0.1) is 0 Å². The molecule has 2 rings (SSSR count). The molecule has 128 valence electrons. The molecule has 0 spiro atoms. The first-order valence-electron chi connectivity index (χ1n) is 8.53. The maximum atomic E-state index is 9.90. The summed E-state index contributed by atoms with van der Waals surface area (Å²) in [5.41, 5.74) is 0.790. The van der Waals surface area contributed by atoms with Crippen LogP contribution in [0.15, 0.2) is 23.2 Å². The van der Waals surface area contributed by atoms with E-state index in [1.54, 1.807) is 26.3 Å². The molecule has 0 radical (unpaired) electrons. The number of methoxy groups -OCH3 is 1. The molecule has 5 heteroatoms. The predicted molar refractivity (Wildman–Crippen MR) is 94.1 cm³/mol. The Morgan fingerprint density at radius 1 is 1.30 bits per heavy atom. The number of guanidine groups is 1. The van der Waals surface area contributed by atoms with E-state index in [-0.39, 0.29) is 5.75 Å². The monoisotopic (exact) mass is 319 g/mol. The zero-order valence-corrected chi connectivity index (χ0v) is 14.3. The number of aliphatic imine (C=N–C) groups is 1. The third-order valence-corrected chi connectivity index (χ3v) is 4.51. The van der Waals surface area contributed by atoms with E-state index < -0.39 is 0 Å². The van der Waals surface area contributed by atoms with Crippen LogP contribution in [0.3, 0.4) is 0 Å². The molecule has 5 nitrogen and oxygen atoms in total. The molecule has 0 bridgehead atoms. The lowest BCUT2D eigenvalue weighted by atomic mass is 10.0. The van der Waals surface area contributed by atoms with E-state index in [1.807, 2.05) is 6.07 Å². The minimum atomic E-state index is 0.259. The summed E-state index contributed by atoms with van der Waals surface area (Å²) in [5.74, 6) is 2.69. The number of benzene rings is 1. The highest BCUT2D eigenvalue weighted by atomic mass is 16.5. The Morgan fingerprint density at radius 3 is 2.78 bits per heavy atom. The molecule has 0 aliphatic heterocycles. The highest BCUT2D eigenvalue weighted by Gasteiger charge is 2.14. The molecule has 1 aliphatic carbocycles. The van der Waals surface area contributed by atoms with Gasteiger partial charge in [0.2, 0.25) is 0 Å². The number of ether oxygens (including phenoxy) is 1. The molecule has 0 aromatic heterocycles. The fraction of sp³-hybridized carbons (Fsp3) is 0.611. The highest BCUT2D eigenvalue weighted by Crippen LogP contribution is 2.28. The van der Waals surface area contributed by atoms with Crippen LogP contribution in [-0.4, -0.2) is 31.8 Å². The lowest BCUT2D eigenvalue weighted by Crippen LogP contribution is -2.37. The summed E-state index contributed by atoms with van der Waals surface area (Å²) in [6.07, 6.45) is 8.11. The molecule has 0 atom stereocenters. The van der Waals surface area contributed by atoms with Crippen LogP contribution in [0.2, 0.25) is 0 Å². The van der Waals surface area contributed by atoms with Gasteiger partial charge >= 0.3 is 0 Å². The van der Waals surface area contributed by atoms with Crippen molar-refractivity contribution in [2.75, 3.05) is 20.7 Å². The minimum Gasteiger partial charge on any atom is -0.508 e. The molecule has 1 saturated carbocycles. The van der Waals surface area contributed by atoms with E-state index >= 15 is 0 Å². The van der Waals surface area contributed by atoms with Gasteiger partial charge < -0.3 is 20.5 Å². The van der Waals surface area contributed by atoms with Crippen LogP contribution in [0.1, 0.15) is 44.1 Å². The van der Waals surface area contributed by atoms with Crippen LogP contribution < -0.4 is 15.4 Å². The molecular weight excluding hydrogens is 290 g/mol. The van der Waals surface area contributed by atoms with Crippen LogP contribution in [0.25, 0.3) is 0 Å². The summed E-state index contributed by atoms with van der Waals surface area (Å²) >= 11 is 0. The van der Waals surface area contributed by atoms with E-state index in [1.165, 1.54) is 38.5 Å². The number of phenols is 1. The first kappa shape index (κ1) is 17.4. The molecule has 0 amide bonds. The summed E-state index contributed by atoms with van der Waals surface area (Å²) in [5, 5.41) is 16.5. The first-order valence-corrected chi connectivity index (χ1v) is 8.53. The summed E-state index contributed by atoms with van der Waals surface area (Å²) < 4.78 is 5.19. The second kappa shape index (κ2) is 9.28. The van der Waals surface area contributed by atoms with Gasteiger partial charge in [-0.1, -0.05) is 25.7 Å². The third-order valence-electron chi connectivity index (χ3n) is 4.51. The van der Waals surface area contributed by atoms with E-state index in [0.29, 0.717) is 6.54 Å². The Balaban J connectivity index is 1.72. The van der Waals surface area contributed by atoms with Crippen LogP contribution in [0.4, 0.5) is 0 Å². The Morgan fingerprint density at radius 2 is 2.09 bits per heavy atom. The van der Waals surface area contributed by atoms with Crippen molar-refractivity contribution in [3.8, 4) is 11.5 Å². The van der Waals surface area contributed by atoms with E-state index in [0.717, 1.165) is 29.7 Å². The number of hydrogen-bond acceptors (Lipinski definition) is 3. The second-order valence-electron chi connectivity index (χ2n) is 6.14. The Kier molecular flexibility index (Phi) is 7.04. The lowest BCUT2D eigenvalue weighted by molar-refractivity contribution is 0.410. The van der Waals surface area contributed by atoms with Crippen LogP contribution >= 0.6 is 0 Å². The van der Waals surface area contributed by atoms with Crippen molar-refractivity contribution in [2.45, 2.75) is 45.1 Å². The molecule has 1 aromatic rings. The summed E-state index contributed by atoms with van der Waals surface area (Å²) in [4.78, 5) is 4.23. The zero-order valence-electron chi connectivity index (χ0n) is 14.3. The average molecular weight is 319 g/mol. The first-order chi connectivity index (χ1) is 11.2. The molecule has 0 saturated heterocycles. The van der Waals surface area contributed by atoms with Crippen molar-refractivity contribution in [3.05, 3.63) is 23.8 Å². The minimum absolute atomic E-state index is 0.259. The summed E-state index contributed by atoms with van der Waals surface area (Å²) in [7, 11) is 3.38. The van der Waals surface area contributed by atoms with E-state index in [9.17, 15) is 5.11 Å². The van der Waals surface area contributed by atoms with Crippen molar-refractivity contribution >= 4 is 5.96 Å². The van der Waals surface area contributed by atoms with Gasteiger partial charge in [-0.05, 0) is 37.0 Å². The standard InChI is InChI=1S/C18H29N3O2/c1-19-18(20-11-5-8-14-6-3-4-7-14)21-13-15-12-16(23-2)9-10-17(15)22/h9-10,12,14,22H,3-8,11,13H2,1-2H3,(H2,19,20,21). The van der Waals surface area contributed by atoms with Crippen LogP contribution in [0, 0.1) is 5.92 Å². The van der Waals surface area contributed by atoms with Crippen molar-refractivity contribution in [3.63, 3.8) is 0 Å². The average Bonchev–Trinajstić information content (AvgIpc) is 3.09. The van der Waals surface area contributed by atoms with E-state index in [2.05, 4.69) is 15.6 Å². The number of nitrogens with zero attached hydrogens (tertiary/aromatic N) is 1. The lowest BCUT2D eigenvalue weighted by Gasteiger charge is -2.14. The van der Waals surface area contributed by atoms with Gasteiger partial charge in [-0.3, -0.25) is 4.99 Å². The molecule has 1 aromatic carbocycles. The Labute approximate surface area is 139 Å². The number of nitrogens with one attached hydrogen (secondary N) is 2. The maximum Gasteiger partial charge on any atom is 0.191 e. The van der Waals surface area contributed by atoms with E-state index in [4.69, 9.17) is 4.74 Å². The van der Waals surface area contributed by atoms with Gasteiger partial charge in [0.05, 0.1) is 7.11 Å². The van der Waals surface area contributed by atoms with Crippen LogP contribution in [-0.2, 0) is 6.54 Å². The Hall–Kier alpha value is -1.91. The van der Waals surface area contributed by atoms with Gasteiger partial charge in [0.1, 0.15) is 11.5 Å².